The molecule has 30 heavy (non-hydrogen) atoms. The highest BCUT2D eigenvalue weighted by Crippen LogP contribution is 2.23. The zero-order valence-electron chi connectivity index (χ0n) is 16.9. The van der Waals surface area contributed by atoms with Crippen molar-refractivity contribution in [2.24, 2.45) is 0 Å². The smallest absolute Gasteiger partial charge is 0.259 e. The fourth-order valence-electron chi connectivity index (χ4n) is 4.04. The average molecular weight is 411 g/mol. The van der Waals surface area contributed by atoms with Crippen molar-refractivity contribution in [3.8, 4) is 5.88 Å². The lowest BCUT2D eigenvalue weighted by Gasteiger charge is -2.27. The van der Waals surface area contributed by atoms with Gasteiger partial charge in [-0.15, -0.1) is 0 Å². The van der Waals surface area contributed by atoms with E-state index in [4.69, 9.17) is 4.74 Å². The van der Waals surface area contributed by atoms with Crippen LogP contribution in [0.5, 0.6) is 5.88 Å². The lowest BCUT2D eigenvalue weighted by molar-refractivity contribution is -0.129. The van der Waals surface area contributed by atoms with Crippen LogP contribution in [0.25, 0.3) is 0 Å². The molecule has 2 aromatic rings. The molecule has 158 valence electrons. The summed E-state index contributed by atoms with van der Waals surface area (Å²) in [5.74, 6) is -0.228. The molecule has 0 N–H and O–H groups in total. The van der Waals surface area contributed by atoms with Gasteiger partial charge in [-0.3, -0.25) is 9.59 Å². The Kier molecular flexibility index (Phi) is 6.26. The largest absolute Gasteiger partial charge is 0.472 e. The summed E-state index contributed by atoms with van der Waals surface area (Å²) in [5, 5.41) is 0. The second kappa shape index (κ2) is 9.24. The summed E-state index contributed by atoms with van der Waals surface area (Å²) < 4.78 is 19.9. The number of hydrogen-bond acceptors (Lipinski definition) is 4. The molecule has 1 aromatic carbocycles. The zero-order chi connectivity index (χ0) is 20.9. The first-order valence-corrected chi connectivity index (χ1v) is 10.5. The Morgan fingerprint density at radius 2 is 1.83 bits per heavy atom. The molecule has 2 aliphatic heterocycles. The van der Waals surface area contributed by atoms with Gasteiger partial charge in [0.2, 0.25) is 11.8 Å². The van der Waals surface area contributed by atoms with Crippen LogP contribution in [0.1, 0.15) is 41.6 Å². The molecular formula is C23H26FN3O3. The van der Waals surface area contributed by atoms with E-state index in [0.29, 0.717) is 36.5 Å². The Labute approximate surface area is 175 Å². The number of likely N-dealkylation sites (tertiary alicyclic amines) is 2. The number of nitrogens with zero attached hydrogens (tertiary/aromatic N) is 3. The topological polar surface area (TPSA) is 62.7 Å². The minimum Gasteiger partial charge on any atom is -0.472 e. The maximum atomic E-state index is 13.8. The SMILES string of the molecule is O=C(Cc1ccccc1F)N1CCC(Oc2ncccc2C(=O)N2CCCCC2)C1. The van der Waals surface area contributed by atoms with Gasteiger partial charge >= 0.3 is 0 Å². The van der Waals surface area contributed by atoms with Gasteiger partial charge in [-0.25, -0.2) is 9.37 Å². The Balaban J connectivity index is 1.38. The summed E-state index contributed by atoms with van der Waals surface area (Å²) in [7, 11) is 0. The van der Waals surface area contributed by atoms with Gasteiger partial charge in [-0.1, -0.05) is 18.2 Å². The van der Waals surface area contributed by atoms with E-state index in [0.717, 1.165) is 32.4 Å². The van der Waals surface area contributed by atoms with Crippen molar-refractivity contribution in [3.63, 3.8) is 0 Å². The van der Waals surface area contributed by atoms with Gasteiger partial charge in [-0.05, 0) is 43.0 Å². The van der Waals surface area contributed by atoms with Crippen LogP contribution >= 0.6 is 0 Å². The van der Waals surface area contributed by atoms with Gasteiger partial charge in [0, 0.05) is 32.3 Å². The summed E-state index contributed by atoms with van der Waals surface area (Å²) in [4.78, 5) is 33.3. The molecule has 3 heterocycles. The predicted molar refractivity (Wildman–Crippen MR) is 110 cm³/mol. The number of hydrogen-bond donors (Lipinski definition) is 0. The Bertz CT molecular complexity index is 914. The quantitative estimate of drug-likeness (QED) is 0.759. The van der Waals surface area contributed by atoms with Gasteiger partial charge in [0.25, 0.3) is 5.91 Å². The molecule has 4 rings (SSSR count). The van der Waals surface area contributed by atoms with E-state index < -0.39 is 0 Å². The highest BCUT2D eigenvalue weighted by molar-refractivity contribution is 5.96. The summed E-state index contributed by atoms with van der Waals surface area (Å²) in [6, 6.07) is 9.81. The molecule has 0 saturated carbocycles. The van der Waals surface area contributed by atoms with Crippen LogP contribution < -0.4 is 4.74 Å². The summed E-state index contributed by atoms with van der Waals surface area (Å²) in [6.45, 7) is 2.46. The van der Waals surface area contributed by atoms with E-state index in [-0.39, 0.29) is 30.2 Å². The number of carbonyl (C=O) groups excluding carboxylic acids is 2. The Morgan fingerprint density at radius 3 is 2.63 bits per heavy atom. The molecule has 0 spiro atoms. The molecule has 0 bridgehead atoms. The van der Waals surface area contributed by atoms with Crippen LogP contribution in [0.4, 0.5) is 4.39 Å². The van der Waals surface area contributed by atoms with Crippen molar-refractivity contribution < 1.29 is 18.7 Å². The van der Waals surface area contributed by atoms with Gasteiger partial charge in [0.05, 0.1) is 13.0 Å². The number of pyridine rings is 1. The standard InChI is InChI=1S/C23H26FN3O3/c24-20-9-3-2-7-17(20)15-21(28)27-14-10-18(16-27)30-22-19(8-6-11-25-22)23(29)26-12-4-1-5-13-26/h2-3,6-9,11,18H,1,4-5,10,12-16H2. The molecule has 2 fully saturated rings. The second-order valence-corrected chi connectivity index (χ2v) is 7.85. The van der Waals surface area contributed by atoms with Crippen LogP contribution in [0, 0.1) is 5.82 Å². The lowest BCUT2D eigenvalue weighted by atomic mass is 10.1. The van der Waals surface area contributed by atoms with Crippen LogP contribution in [0.15, 0.2) is 42.6 Å². The Morgan fingerprint density at radius 1 is 1.03 bits per heavy atom. The number of ether oxygens (including phenoxy) is 1. The number of piperidine rings is 1. The van der Waals surface area contributed by atoms with E-state index in [1.54, 1.807) is 41.4 Å². The first-order valence-electron chi connectivity index (χ1n) is 10.5. The van der Waals surface area contributed by atoms with Crippen molar-refractivity contribution in [3.05, 3.63) is 59.5 Å². The van der Waals surface area contributed by atoms with Crippen LogP contribution in [0.3, 0.4) is 0 Å². The molecular weight excluding hydrogens is 385 g/mol. The summed E-state index contributed by atoms with van der Waals surface area (Å²) in [6.07, 6.45) is 5.24. The third-order valence-corrected chi connectivity index (χ3v) is 5.72. The second-order valence-electron chi connectivity index (χ2n) is 7.85. The van der Waals surface area contributed by atoms with Crippen molar-refractivity contribution in [1.82, 2.24) is 14.8 Å². The Hall–Kier alpha value is -2.96. The van der Waals surface area contributed by atoms with Gasteiger partial charge in [-0.2, -0.15) is 0 Å². The minimum atomic E-state index is -0.368. The average Bonchev–Trinajstić information content (AvgIpc) is 3.24. The van der Waals surface area contributed by atoms with Crippen molar-refractivity contribution >= 4 is 11.8 Å². The van der Waals surface area contributed by atoms with Gasteiger partial charge in [0.15, 0.2) is 0 Å². The molecule has 6 nitrogen and oxygen atoms in total. The summed E-state index contributed by atoms with van der Waals surface area (Å²) >= 11 is 0. The van der Waals surface area contributed by atoms with Gasteiger partial charge < -0.3 is 14.5 Å². The molecule has 0 radical (unpaired) electrons. The molecule has 0 aliphatic carbocycles. The van der Waals surface area contributed by atoms with Crippen molar-refractivity contribution in [2.45, 2.75) is 38.2 Å². The number of benzene rings is 1. The van der Waals surface area contributed by atoms with E-state index in [1.807, 2.05) is 4.90 Å². The third kappa shape index (κ3) is 4.61. The fraction of sp³-hybridized carbons (Fsp3) is 0.435. The zero-order valence-corrected chi connectivity index (χ0v) is 16.9. The lowest BCUT2D eigenvalue weighted by Crippen LogP contribution is -2.36. The van der Waals surface area contributed by atoms with Crippen molar-refractivity contribution in [1.29, 1.82) is 0 Å². The molecule has 7 heteroatoms. The number of carbonyl (C=O) groups is 2. The van der Waals surface area contributed by atoms with Crippen LogP contribution in [-0.4, -0.2) is 58.9 Å². The minimum absolute atomic E-state index is 0.0294. The van der Waals surface area contributed by atoms with E-state index in [1.165, 1.54) is 6.07 Å². The molecule has 1 atom stereocenters. The molecule has 2 aliphatic rings. The number of aromatic nitrogens is 1. The predicted octanol–water partition coefficient (Wildman–Crippen LogP) is 3.07. The number of rotatable bonds is 5. The van der Waals surface area contributed by atoms with Gasteiger partial charge in [0.1, 0.15) is 17.5 Å². The first kappa shape index (κ1) is 20.3. The maximum Gasteiger partial charge on any atom is 0.259 e. The van der Waals surface area contributed by atoms with E-state index in [9.17, 15) is 14.0 Å². The monoisotopic (exact) mass is 411 g/mol. The molecule has 1 aromatic heterocycles. The first-order chi connectivity index (χ1) is 14.6. The number of amides is 2. The molecule has 2 saturated heterocycles. The normalized spacial score (nSPS) is 19.0. The highest BCUT2D eigenvalue weighted by atomic mass is 19.1. The van der Waals surface area contributed by atoms with E-state index >= 15 is 0 Å². The van der Waals surface area contributed by atoms with E-state index in [2.05, 4.69) is 4.98 Å². The van der Waals surface area contributed by atoms with Crippen molar-refractivity contribution in [2.75, 3.05) is 26.2 Å². The van der Waals surface area contributed by atoms with Crippen LogP contribution in [0.2, 0.25) is 0 Å². The fourth-order valence-corrected chi connectivity index (χ4v) is 4.04. The number of halogens is 1. The summed E-state index contributed by atoms with van der Waals surface area (Å²) in [5.41, 5.74) is 0.863. The maximum absolute atomic E-state index is 13.8. The molecule has 1 unspecified atom stereocenters. The molecule has 2 amide bonds. The highest BCUT2D eigenvalue weighted by Gasteiger charge is 2.30. The third-order valence-electron chi connectivity index (χ3n) is 5.72. The van der Waals surface area contributed by atoms with Crippen LogP contribution in [-0.2, 0) is 11.2 Å².